The van der Waals surface area contributed by atoms with Crippen molar-refractivity contribution >= 4 is 23.5 Å². The highest BCUT2D eigenvalue weighted by Gasteiger charge is 2.22. The second-order valence-corrected chi connectivity index (χ2v) is 3.75. The zero-order chi connectivity index (χ0) is 14.4. The number of carbonyl (C=O) groups excluding carboxylic acids is 2. The van der Waals surface area contributed by atoms with Crippen LogP contribution in [0.15, 0.2) is 24.3 Å². The Balaban J connectivity index is 2.74. The largest absolute Gasteiger partial charge is 0.480 e. The lowest BCUT2D eigenvalue weighted by Crippen LogP contribution is -2.44. The van der Waals surface area contributed by atoms with Crippen LogP contribution in [0.3, 0.4) is 0 Å². The molecule has 0 radical (unpaired) electrons. The number of carbonyl (C=O) groups is 3. The molecule has 19 heavy (non-hydrogen) atoms. The van der Waals surface area contributed by atoms with E-state index in [1.54, 1.807) is 12.1 Å². The summed E-state index contributed by atoms with van der Waals surface area (Å²) < 4.78 is 4.57. The molecule has 0 unspecified atom stereocenters. The van der Waals surface area contributed by atoms with Crippen LogP contribution in [0, 0.1) is 0 Å². The average molecular weight is 266 g/mol. The van der Waals surface area contributed by atoms with E-state index >= 15 is 0 Å². The number of nitrogen functional groups attached to an aromatic ring is 1. The molecular formula is C12H14N2O5. The van der Waals surface area contributed by atoms with E-state index in [9.17, 15) is 14.4 Å². The summed E-state index contributed by atoms with van der Waals surface area (Å²) in [5, 5.41) is 11.1. The highest BCUT2D eigenvalue weighted by Crippen LogP contribution is 2.10. The van der Waals surface area contributed by atoms with Crippen molar-refractivity contribution in [3.63, 3.8) is 0 Å². The number of nitrogens with two attached hydrogens (primary N) is 1. The third-order valence-corrected chi connectivity index (χ3v) is 2.26. The van der Waals surface area contributed by atoms with Crippen molar-refractivity contribution in [1.82, 2.24) is 5.32 Å². The van der Waals surface area contributed by atoms with Gasteiger partial charge in [-0.25, -0.2) is 4.79 Å². The first-order valence-corrected chi connectivity index (χ1v) is 5.43. The summed E-state index contributed by atoms with van der Waals surface area (Å²) in [4.78, 5) is 33.4. The van der Waals surface area contributed by atoms with Crippen LogP contribution in [0.5, 0.6) is 0 Å². The molecule has 0 spiro atoms. The van der Waals surface area contributed by atoms with Gasteiger partial charge < -0.3 is 20.9 Å². The molecule has 7 nitrogen and oxygen atoms in total. The van der Waals surface area contributed by atoms with Crippen molar-refractivity contribution in [1.29, 1.82) is 0 Å². The van der Waals surface area contributed by atoms with Crippen molar-refractivity contribution in [2.24, 2.45) is 0 Å². The molecule has 0 bridgehead atoms. The number of benzene rings is 1. The molecule has 1 rings (SSSR count). The SMILES string of the molecule is CC(=O)OC[C@H](NC(=O)c1ccccc1N)C(=O)O. The van der Waals surface area contributed by atoms with E-state index in [4.69, 9.17) is 10.8 Å². The average Bonchev–Trinajstić information content (AvgIpc) is 2.34. The second-order valence-electron chi connectivity index (χ2n) is 3.75. The normalized spacial score (nSPS) is 11.4. The maximum absolute atomic E-state index is 11.8. The van der Waals surface area contributed by atoms with E-state index in [2.05, 4.69) is 10.1 Å². The lowest BCUT2D eigenvalue weighted by molar-refractivity contribution is -0.146. The maximum Gasteiger partial charge on any atom is 0.329 e. The van der Waals surface area contributed by atoms with Crippen LogP contribution in [0.25, 0.3) is 0 Å². The van der Waals surface area contributed by atoms with Crippen molar-refractivity contribution in [3.8, 4) is 0 Å². The standard InChI is InChI=1S/C12H14N2O5/c1-7(15)19-6-10(12(17)18)14-11(16)8-4-2-3-5-9(8)13/h2-5,10H,6,13H2,1H3,(H,14,16)(H,17,18)/t10-/m0/s1. The monoisotopic (exact) mass is 266 g/mol. The minimum absolute atomic E-state index is 0.163. The van der Waals surface area contributed by atoms with Crippen molar-refractivity contribution in [3.05, 3.63) is 29.8 Å². The molecule has 4 N–H and O–H groups in total. The Morgan fingerprint density at radius 1 is 1.37 bits per heavy atom. The molecule has 7 heteroatoms. The number of aliphatic carboxylic acids is 1. The fourth-order valence-electron chi connectivity index (χ4n) is 1.32. The second kappa shape index (κ2) is 6.39. The zero-order valence-corrected chi connectivity index (χ0v) is 10.3. The van der Waals surface area contributed by atoms with Gasteiger partial charge in [-0.3, -0.25) is 9.59 Å². The molecule has 0 saturated heterocycles. The molecule has 1 aromatic rings. The van der Waals surface area contributed by atoms with Crippen LogP contribution in [0.2, 0.25) is 0 Å². The van der Waals surface area contributed by atoms with Gasteiger partial charge in [-0.15, -0.1) is 0 Å². The number of amides is 1. The number of ether oxygens (including phenoxy) is 1. The van der Waals surface area contributed by atoms with E-state index in [0.717, 1.165) is 6.92 Å². The summed E-state index contributed by atoms with van der Waals surface area (Å²) in [6, 6.07) is 4.93. The summed E-state index contributed by atoms with van der Waals surface area (Å²) in [6.07, 6.45) is 0. The molecule has 1 atom stereocenters. The Bertz CT molecular complexity index is 501. The zero-order valence-electron chi connectivity index (χ0n) is 10.3. The quantitative estimate of drug-likeness (QED) is 0.510. The predicted molar refractivity (Wildman–Crippen MR) is 66.4 cm³/mol. The van der Waals surface area contributed by atoms with Gasteiger partial charge in [0, 0.05) is 12.6 Å². The van der Waals surface area contributed by atoms with Gasteiger partial charge in [-0.1, -0.05) is 12.1 Å². The first kappa shape index (κ1) is 14.5. The highest BCUT2D eigenvalue weighted by atomic mass is 16.5. The number of nitrogens with one attached hydrogen (secondary N) is 1. The molecule has 0 fully saturated rings. The fourth-order valence-corrected chi connectivity index (χ4v) is 1.32. The van der Waals surface area contributed by atoms with E-state index in [1.165, 1.54) is 12.1 Å². The summed E-state index contributed by atoms with van der Waals surface area (Å²) in [7, 11) is 0. The van der Waals surface area contributed by atoms with Gasteiger partial charge in [0.25, 0.3) is 5.91 Å². The lowest BCUT2D eigenvalue weighted by atomic mass is 10.1. The fraction of sp³-hybridized carbons (Fsp3) is 0.250. The Hall–Kier alpha value is -2.57. The third-order valence-electron chi connectivity index (χ3n) is 2.26. The maximum atomic E-state index is 11.8. The van der Waals surface area contributed by atoms with Gasteiger partial charge in [0.15, 0.2) is 6.04 Å². The van der Waals surface area contributed by atoms with Crippen LogP contribution < -0.4 is 11.1 Å². The molecule has 0 aliphatic heterocycles. The van der Waals surface area contributed by atoms with Crippen molar-refractivity contribution in [2.45, 2.75) is 13.0 Å². The van der Waals surface area contributed by atoms with Crippen LogP contribution in [0.4, 0.5) is 5.69 Å². The summed E-state index contributed by atoms with van der Waals surface area (Å²) in [5.41, 5.74) is 6.00. The number of para-hydroxylation sites is 1. The number of carboxylic acids is 1. The summed E-state index contributed by atoms with van der Waals surface area (Å²) in [5.74, 6) is -2.57. The van der Waals surface area contributed by atoms with Gasteiger partial charge in [0.2, 0.25) is 0 Å². The van der Waals surface area contributed by atoms with E-state index < -0.39 is 30.5 Å². The molecule has 1 aromatic carbocycles. The summed E-state index contributed by atoms with van der Waals surface area (Å²) >= 11 is 0. The topological polar surface area (TPSA) is 119 Å². The molecule has 1 amide bonds. The first-order valence-electron chi connectivity index (χ1n) is 5.43. The smallest absolute Gasteiger partial charge is 0.329 e. The number of anilines is 1. The Labute approximate surface area is 109 Å². The minimum atomic E-state index is -1.32. The van der Waals surface area contributed by atoms with Gasteiger partial charge in [-0.05, 0) is 12.1 Å². The number of rotatable bonds is 5. The van der Waals surface area contributed by atoms with Crippen LogP contribution in [0.1, 0.15) is 17.3 Å². The molecule has 0 aliphatic rings. The van der Waals surface area contributed by atoms with Crippen LogP contribution >= 0.6 is 0 Å². The number of hydrogen-bond acceptors (Lipinski definition) is 5. The predicted octanol–water partition coefficient (Wildman–Crippen LogP) is 0.0149. The molecule has 102 valence electrons. The van der Waals surface area contributed by atoms with Crippen LogP contribution in [-0.4, -0.2) is 35.6 Å². The molecule has 0 heterocycles. The Morgan fingerprint density at radius 2 is 2.00 bits per heavy atom. The number of esters is 1. The van der Waals surface area contributed by atoms with Gasteiger partial charge >= 0.3 is 11.9 Å². The highest BCUT2D eigenvalue weighted by molar-refractivity contribution is 6.00. The number of carboxylic acid groups (broad SMARTS) is 1. The van der Waals surface area contributed by atoms with E-state index in [0.29, 0.717) is 0 Å². The van der Waals surface area contributed by atoms with Gasteiger partial charge in [0.1, 0.15) is 6.61 Å². The van der Waals surface area contributed by atoms with Gasteiger partial charge in [0.05, 0.1) is 5.56 Å². The Kier molecular flexibility index (Phi) is 4.87. The Morgan fingerprint density at radius 3 is 2.53 bits per heavy atom. The molecule has 0 aliphatic carbocycles. The summed E-state index contributed by atoms with van der Waals surface area (Å²) in [6.45, 7) is 0.707. The molecular weight excluding hydrogens is 252 g/mol. The molecule has 0 aromatic heterocycles. The number of hydrogen-bond donors (Lipinski definition) is 3. The van der Waals surface area contributed by atoms with E-state index in [1.807, 2.05) is 0 Å². The van der Waals surface area contributed by atoms with Crippen LogP contribution in [-0.2, 0) is 14.3 Å². The molecule has 0 saturated carbocycles. The van der Waals surface area contributed by atoms with Crippen molar-refractivity contribution < 1.29 is 24.2 Å². The van der Waals surface area contributed by atoms with Crippen molar-refractivity contribution in [2.75, 3.05) is 12.3 Å². The van der Waals surface area contributed by atoms with E-state index in [-0.39, 0.29) is 11.3 Å². The lowest BCUT2D eigenvalue weighted by Gasteiger charge is -2.14. The minimum Gasteiger partial charge on any atom is -0.480 e. The first-order chi connectivity index (χ1) is 8.91. The van der Waals surface area contributed by atoms with Gasteiger partial charge in [-0.2, -0.15) is 0 Å². The third kappa shape index (κ3) is 4.30.